The first kappa shape index (κ1) is 16.8. The Labute approximate surface area is 98.3 Å². The lowest BCUT2D eigenvalue weighted by molar-refractivity contribution is -0.384. The number of nitro groups is 1. The van der Waals surface area contributed by atoms with Crippen molar-refractivity contribution in [3.05, 3.63) is 39.9 Å². The van der Waals surface area contributed by atoms with Crippen molar-refractivity contribution >= 4 is 24.0 Å². The maximum Gasteiger partial charge on any atom is 0.269 e. The van der Waals surface area contributed by atoms with E-state index in [9.17, 15) is 14.9 Å². The second-order valence-electron chi connectivity index (χ2n) is 2.89. The van der Waals surface area contributed by atoms with E-state index in [2.05, 4.69) is 0 Å². The molecule has 0 aromatic heterocycles. The number of halogens is 1. The highest BCUT2D eigenvalue weighted by Gasteiger charge is 2.05. The van der Waals surface area contributed by atoms with Gasteiger partial charge in [-0.2, -0.15) is 0 Å². The number of non-ortho nitro benzene ring substituents is 1. The number of amides is 1. The summed E-state index contributed by atoms with van der Waals surface area (Å²) in [6.45, 7) is 0. The average molecular weight is 249 g/mol. The fourth-order valence-corrected chi connectivity index (χ4v) is 1.09. The zero-order valence-corrected chi connectivity index (χ0v) is 9.20. The van der Waals surface area contributed by atoms with Crippen LogP contribution in [0.4, 0.5) is 5.69 Å². The number of rotatable bonds is 4. The van der Waals surface area contributed by atoms with Gasteiger partial charge in [-0.05, 0) is 12.0 Å². The molecule has 0 heterocycles. The molecule has 7 heteroatoms. The molecule has 0 spiro atoms. The van der Waals surface area contributed by atoms with E-state index in [1.54, 1.807) is 12.1 Å². The van der Waals surface area contributed by atoms with E-state index in [-0.39, 0.29) is 30.0 Å². The third kappa shape index (κ3) is 5.28. The lowest BCUT2D eigenvalue weighted by Gasteiger charge is -1.98. The highest BCUT2D eigenvalue weighted by atomic mass is 35.5. The predicted molar refractivity (Wildman–Crippen MR) is 61.5 cm³/mol. The number of nitro benzene ring substituents is 1. The summed E-state index contributed by atoms with van der Waals surface area (Å²) in [5, 5.41) is 10.4. The molecule has 1 amide bonds. The molecule has 0 bridgehead atoms. The van der Waals surface area contributed by atoms with E-state index in [1.165, 1.54) is 12.1 Å². The highest BCUT2D eigenvalue weighted by molar-refractivity contribution is 5.85. The van der Waals surface area contributed by atoms with Crippen LogP contribution in [0.3, 0.4) is 0 Å². The summed E-state index contributed by atoms with van der Waals surface area (Å²) < 4.78 is 0. The smallest absolute Gasteiger partial charge is 0.269 e. The van der Waals surface area contributed by atoms with Gasteiger partial charge >= 0.3 is 0 Å². The van der Waals surface area contributed by atoms with E-state index < -0.39 is 10.8 Å². The molecule has 1 aromatic rings. The number of carbonyl (C=O) groups excluding carboxylic acids is 1. The van der Waals surface area contributed by atoms with Gasteiger partial charge in [0.05, 0.1) is 4.92 Å². The molecule has 0 atom stereocenters. The minimum atomic E-state index is -0.465. The molecule has 1 aromatic carbocycles. The number of nitrogens with zero attached hydrogens (tertiary/aromatic N) is 1. The number of aryl methyl sites for hydroxylation is 1. The maximum absolute atomic E-state index is 10.5. The van der Waals surface area contributed by atoms with Crippen molar-refractivity contribution in [2.24, 2.45) is 5.73 Å². The zero-order valence-electron chi connectivity index (χ0n) is 8.38. The molecule has 0 aliphatic rings. The molecule has 0 aliphatic heterocycles. The van der Waals surface area contributed by atoms with Gasteiger partial charge in [-0.3, -0.25) is 14.9 Å². The molecule has 4 N–H and O–H groups in total. The van der Waals surface area contributed by atoms with Crippen molar-refractivity contribution in [3.8, 4) is 0 Å². The van der Waals surface area contributed by atoms with Crippen molar-refractivity contribution in [1.82, 2.24) is 0 Å². The fourth-order valence-electron chi connectivity index (χ4n) is 1.09. The quantitative estimate of drug-likeness (QED) is 0.621. The van der Waals surface area contributed by atoms with Gasteiger partial charge in [0.25, 0.3) is 5.69 Å². The molecule has 0 saturated carbocycles. The summed E-state index contributed by atoms with van der Waals surface area (Å²) in [6, 6.07) is 6.18. The van der Waals surface area contributed by atoms with Gasteiger partial charge in [-0.25, -0.2) is 0 Å². The Hall–Kier alpha value is -1.66. The van der Waals surface area contributed by atoms with Crippen molar-refractivity contribution in [1.29, 1.82) is 0 Å². The summed E-state index contributed by atoms with van der Waals surface area (Å²) in [7, 11) is 0. The first-order valence-electron chi connectivity index (χ1n) is 4.11. The molecule has 16 heavy (non-hydrogen) atoms. The molecule has 0 fully saturated rings. The second-order valence-corrected chi connectivity index (χ2v) is 2.89. The number of benzene rings is 1. The fraction of sp³-hybridized carbons (Fsp3) is 0.222. The lowest BCUT2D eigenvalue weighted by atomic mass is 10.1. The van der Waals surface area contributed by atoms with Crippen molar-refractivity contribution in [2.75, 3.05) is 0 Å². The van der Waals surface area contributed by atoms with E-state index in [0.717, 1.165) is 5.56 Å². The molecular formula is C9H13ClN2O4. The second kappa shape index (κ2) is 7.61. The summed E-state index contributed by atoms with van der Waals surface area (Å²) in [5.41, 5.74) is 5.75. The Morgan fingerprint density at radius 1 is 1.44 bits per heavy atom. The molecular weight excluding hydrogens is 236 g/mol. The number of nitrogens with two attached hydrogens (primary N) is 1. The van der Waals surface area contributed by atoms with Crippen LogP contribution in [0, 0.1) is 10.1 Å². The highest BCUT2D eigenvalue weighted by Crippen LogP contribution is 2.13. The Morgan fingerprint density at radius 3 is 2.56 bits per heavy atom. The van der Waals surface area contributed by atoms with Gasteiger partial charge in [-0.1, -0.05) is 12.1 Å². The van der Waals surface area contributed by atoms with Crippen LogP contribution in [0.5, 0.6) is 0 Å². The number of hydrogen-bond acceptors (Lipinski definition) is 3. The maximum atomic E-state index is 10.5. The Morgan fingerprint density at radius 2 is 2.06 bits per heavy atom. The van der Waals surface area contributed by atoms with Crippen LogP contribution < -0.4 is 5.73 Å². The number of primary amides is 1. The van der Waals surface area contributed by atoms with Crippen molar-refractivity contribution in [3.63, 3.8) is 0 Å². The van der Waals surface area contributed by atoms with Crippen LogP contribution in [0.15, 0.2) is 24.3 Å². The molecule has 0 aliphatic carbocycles. The minimum absolute atomic E-state index is 0. The Balaban J connectivity index is 0. The summed E-state index contributed by atoms with van der Waals surface area (Å²) in [4.78, 5) is 20.4. The van der Waals surface area contributed by atoms with Crippen LogP contribution >= 0.6 is 12.4 Å². The molecule has 0 radical (unpaired) electrons. The van der Waals surface area contributed by atoms with Gasteiger partial charge in [0, 0.05) is 18.6 Å². The zero-order chi connectivity index (χ0) is 10.6. The summed E-state index contributed by atoms with van der Waals surface area (Å²) >= 11 is 0. The minimum Gasteiger partial charge on any atom is -0.412 e. The van der Waals surface area contributed by atoms with Crippen LogP contribution in [-0.2, 0) is 11.2 Å². The van der Waals surface area contributed by atoms with Gasteiger partial charge < -0.3 is 11.2 Å². The monoisotopic (exact) mass is 248 g/mol. The Kier molecular flexibility index (Phi) is 7.97. The van der Waals surface area contributed by atoms with Gasteiger partial charge in [0.15, 0.2) is 0 Å². The first-order chi connectivity index (χ1) is 6.59. The number of hydrogen-bond donors (Lipinski definition) is 1. The van der Waals surface area contributed by atoms with E-state index in [1.807, 2.05) is 0 Å². The van der Waals surface area contributed by atoms with Gasteiger partial charge in [0.1, 0.15) is 0 Å². The van der Waals surface area contributed by atoms with E-state index in [4.69, 9.17) is 5.73 Å². The van der Waals surface area contributed by atoms with Gasteiger partial charge in [-0.15, -0.1) is 12.4 Å². The Bertz CT molecular complexity index is 370. The standard InChI is InChI=1S/C9H10N2O3.ClH.H2O/c10-9(12)5-4-7-2-1-3-8(6-7)11(13)14;;/h1-3,6H,4-5H2,(H2,10,12);1H;1H2. The first-order valence-corrected chi connectivity index (χ1v) is 4.11. The largest absolute Gasteiger partial charge is 0.412 e. The molecule has 90 valence electrons. The van der Waals surface area contributed by atoms with Crippen LogP contribution in [-0.4, -0.2) is 16.3 Å². The van der Waals surface area contributed by atoms with Gasteiger partial charge in [0.2, 0.25) is 5.91 Å². The molecule has 1 rings (SSSR count). The number of carbonyl (C=O) groups is 1. The van der Waals surface area contributed by atoms with Crippen LogP contribution in [0.2, 0.25) is 0 Å². The van der Waals surface area contributed by atoms with Crippen molar-refractivity contribution in [2.45, 2.75) is 12.8 Å². The van der Waals surface area contributed by atoms with Crippen LogP contribution in [0.1, 0.15) is 12.0 Å². The normalized spacial score (nSPS) is 8.50. The van der Waals surface area contributed by atoms with E-state index >= 15 is 0 Å². The third-order valence-corrected chi connectivity index (χ3v) is 1.78. The molecule has 0 unspecified atom stereocenters. The lowest BCUT2D eigenvalue weighted by Crippen LogP contribution is -2.11. The SMILES string of the molecule is Cl.NC(=O)CCc1cccc([N+](=O)[O-])c1.O. The molecule has 6 nitrogen and oxygen atoms in total. The topological polar surface area (TPSA) is 118 Å². The summed E-state index contributed by atoms with van der Waals surface area (Å²) in [6.07, 6.45) is 0.651. The predicted octanol–water partition coefficient (Wildman–Crippen LogP) is 0.610. The average Bonchev–Trinajstić information content (AvgIpc) is 2.15. The summed E-state index contributed by atoms with van der Waals surface area (Å²) in [5.74, 6) is -0.406. The third-order valence-electron chi connectivity index (χ3n) is 1.78. The van der Waals surface area contributed by atoms with E-state index in [0.29, 0.717) is 6.42 Å². The van der Waals surface area contributed by atoms with Crippen molar-refractivity contribution < 1.29 is 15.2 Å². The van der Waals surface area contributed by atoms with Crippen LogP contribution in [0.25, 0.3) is 0 Å². The molecule has 0 saturated heterocycles.